The summed E-state index contributed by atoms with van der Waals surface area (Å²) in [6, 6.07) is 74.2. The maximum absolute atomic E-state index is 12.9. The molecule has 20 nitrogen and oxygen atoms in total. The van der Waals surface area contributed by atoms with Gasteiger partial charge in [-0.15, -0.1) is 12.4 Å². The second-order valence-electron chi connectivity index (χ2n) is 23.2. The third-order valence-electron chi connectivity index (χ3n) is 15.5. The molecule has 15 aromatic rings. The molecule has 568 valence electrons. The average Bonchev–Trinajstić information content (AvgIpc) is 0.811. The maximum Gasteiger partial charge on any atom is 0.259 e. The summed E-state index contributed by atoms with van der Waals surface area (Å²) in [7, 11) is 0. The van der Waals surface area contributed by atoms with Crippen LogP contribution in [0.25, 0.3) is 66.9 Å². The predicted molar refractivity (Wildman–Crippen MR) is 427 cm³/mol. The second-order valence-corrected chi connectivity index (χ2v) is 23.9. The minimum atomic E-state index is -0.630. The molecule has 3 heterocycles. The molecule has 0 saturated carbocycles. The van der Waals surface area contributed by atoms with E-state index < -0.39 is 46.4 Å². The maximum atomic E-state index is 12.9. The summed E-state index contributed by atoms with van der Waals surface area (Å²) >= 11 is 11.2. The molecule has 0 saturated heterocycles. The molecule has 5 amide bonds. The number of aromatic nitrogens is 6. The molecule has 12 N–H and O–H groups in total. The van der Waals surface area contributed by atoms with Crippen molar-refractivity contribution in [3.63, 3.8) is 0 Å². The monoisotopic (exact) mass is 1580 g/mol. The lowest BCUT2D eigenvalue weighted by Gasteiger charge is -2.08. The van der Waals surface area contributed by atoms with Crippen molar-refractivity contribution in [2.45, 2.75) is 0 Å². The van der Waals surface area contributed by atoms with Gasteiger partial charge in [-0.05, 0) is 230 Å². The van der Waals surface area contributed by atoms with Crippen LogP contribution in [0.3, 0.4) is 0 Å². The number of anilines is 3. The van der Waals surface area contributed by atoms with Crippen LogP contribution in [0.5, 0.6) is 0 Å². The summed E-state index contributed by atoms with van der Waals surface area (Å²) in [5.41, 5.74) is 27.4. The molecular formula is C84H61Cl3F6N12O8. The van der Waals surface area contributed by atoms with Gasteiger partial charge in [-0.3, -0.25) is 38.4 Å². The standard InChI is InChI=1S/C14H8ClFN2.2C14H11FN2O2.2C14H9FN2O.C7H4ClFO.C7H8N2O.ClH/c15-13-11-3-1-2-4-12(11)17-14(18-13)9-5-7-10(16)8-6-9;2*15-10-7-5-9(6-8-10)14(19)17-12-4-2-1-3-11(12)13(16)18;2*15-10-7-5-9(6-8-10)13-16-12-4-2-1-3-11(12)14(18)17-13;8-7(10)5-1-3-6(9)4-2-5;8-6-4-2-1-3-5(6)7(9)10;/h1-8H;2*1-8H,(H2,16,18)(H,17,19);2*1-8H,(H,16,17,18);1-4H;1-4H,8H2,(H2,9,10);1H. The molecule has 0 aliphatic carbocycles. The van der Waals surface area contributed by atoms with E-state index in [0.29, 0.717) is 94.9 Å². The SMILES string of the molecule is Cl.Fc1ccc(-c2nc(Cl)c3ccccc3n2)cc1.NC(=O)c1ccccc1N.NC(=O)c1ccccc1NC(=O)c1ccc(F)cc1.NC(=O)c1ccccc1NC(=O)c1ccc(F)cc1.O=C(Cl)c1ccc(F)cc1.O=c1[nH]c(-c2ccc(F)cc2)nc2ccccc12.O=c1[nH]c(-c2ccc(F)cc2)nc2ccccc12. The number of benzene rings is 12. The highest BCUT2D eigenvalue weighted by atomic mass is 35.5. The van der Waals surface area contributed by atoms with Gasteiger partial charge in [0.15, 0.2) is 5.82 Å². The minimum Gasteiger partial charge on any atom is -0.398 e. The first kappa shape index (κ1) is 84.2. The van der Waals surface area contributed by atoms with Crippen molar-refractivity contribution in [2.24, 2.45) is 17.2 Å². The van der Waals surface area contributed by atoms with E-state index in [4.69, 9.17) is 46.1 Å². The van der Waals surface area contributed by atoms with Crippen LogP contribution in [0.4, 0.5) is 43.4 Å². The van der Waals surface area contributed by atoms with Gasteiger partial charge in [0, 0.05) is 44.5 Å². The van der Waals surface area contributed by atoms with Gasteiger partial charge >= 0.3 is 0 Å². The summed E-state index contributed by atoms with van der Waals surface area (Å²) in [4.78, 5) is 114. The van der Waals surface area contributed by atoms with Crippen LogP contribution in [-0.4, -0.2) is 64.7 Å². The lowest BCUT2D eigenvalue weighted by molar-refractivity contribution is 0.0990. The molecule has 113 heavy (non-hydrogen) atoms. The Morgan fingerprint density at radius 3 is 0.973 bits per heavy atom. The number of H-pyrrole nitrogens is 2. The van der Waals surface area contributed by atoms with Crippen LogP contribution in [0, 0.1) is 34.9 Å². The fraction of sp³-hybridized carbons (Fsp3) is 0. The number of para-hydroxylation sites is 6. The average molecular weight is 1590 g/mol. The topological polar surface area (TPSA) is 348 Å². The number of nitrogens with one attached hydrogen (secondary N) is 4. The van der Waals surface area contributed by atoms with Crippen molar-refractivity contribution in [2.75, 3.05) is 16.4 Å². The lowest BCUT2D eigenvalue weighted by Crippen LogP contribution is -2.18. The fourth-order valence-electron chi connectivity index (χ4n) is 9.94. The molecule has 3 aromatic heterocycles. The number of carbonyl (C=O) groups is 6. The number of nitrogen functional groups attached to an aromatic ring is 1. The summed E-state index contributed by atoms with van der Waals surface area (Å²) in [5.74, 6) is -3.37. The van der Waals surface area contributed by atoms with Gasteiger partial charge in [0.2, 0.25) is 0 Å². The highest BCUT2D eigenvalue weighted by molar-refractivity contribution is 6.67. The molecule has 0 unspecified atom stereocenters. The van der Waals surface area contributed by atoms with Crippen molar-refractivity contribution >= 4 is 120 Å². The van der Waals surface area contributed by atoms with Gasteiger partial charge in [0.1, 0.15) is 51.7 Å². The number of fused-ring (bicyclic) bond motifs is 3. The quantitative estimate of drug-likeness (QED) is 0.0259. The summed E-state index contributed by atoms with van der Waals surface area (Å²) in [6.07, 6.45) is 0. The second kappa shape index (κ2) is 40.6. The molecule has 0 aliphatic heterocycles. The van der Waals surface area contributed by atoms with E-state index in [-0.39, 0.29) is 57.9 Å². The van der Waals surface area contributed by atoms with Crippen molar-refractivity contribution in [1.82, 2.24) is 29.9 Å². The highest BCUT2D eigenvalue weighted by Gasteiger charge is 2.15. The molecular weight excluding hydrogens is 1530 g/mol. The Kier molecular flexibility index (Phi) is 30.3. The van der Waals surface area contributed by atoms with E-state index in [2.05, 4.69) is 40.5 Å². The third kappa shape index (κ3) is 24.3. The van der Waals surface area contributed by atoms with Crippen LogP contribution < -0.4 is 44.7 Å². The number of nitrogens with zero attached hydrogens (tertiary/aromatic N) is 4. The Morgan fingerprint density at radius 2 is 0.628 bits per heavy atom. The van der Waals surface area contributed by atoms with Gasteiger partial charge in [-0.25, -0.2) is 46.3 Å². The third-order valence-corrected chi connectivity index (χ3v) is 16.0. The Labute approximate surface area is 654 Å². The largest absolute Gasteiger partial charge is 0.398 e. The first-order valence-corrected chi connectivity index (χ1v) is 33.7. The number of rotatable bonds is 11. The van der Waals surface area contributed by atoms with E-state index >= 15 is 0 Å². The zero-order chi connectivity index (χ0) is 80.4. The molecule has 0 bridgehead atoms. The predicted octanol–water partition coefficient (Wildman–Crippen LogP) is 16.9. The lowest BCUT2D eigenvalue weighted by atomic mass is 10.1. The number of amides is 5. The normalized spacial score (nSPS) is 10.1. The van der Waals surface area contributed by atoms with Crippen LogP contribution in [0.2, 0.25) is 5.15 Å². The van der Waals surface area contributed by atoms with Crippen molar-refractivity contribution in [3.8, 4) is 34.2 Å². The van der Waals surface area contributed by atoms with Crippen molar-refractivity contribution in [3.05, 3.63) is 385 Å². The molecule has 29 heteroatoms. The molecule has 15 rings (SSSR count). The minimum absolute atomic E-state index is 0. The van der Waals surface area contributed by atoms with Gasteiger partial charge < -0.3 is 43.5 Å². The molecule has 12 aromatic carbocycles. The first-order chi connectivity index (χ1) is 53.8. The molecule has 0 aliphatic rings. The van der Waals surface area contributed by atoms with E-state index in [0.717, 1.165) is 16.5 Å². The Balaban J connectivity index is 0.000000167. The number of primary amides is 3. The number of aromatic amines is 2. The van der Waals surface area contributed by atoms with Crippen molar-refractivity contribution < 1.29 is 55.1 Å². The van der Waals surface area contributed by atoms with Gasteiger partial charge in [-0.2, -0.15) is 0 Å². The zero-order valence-corrected chi connectivity index (χ0v) is 60.8. The Bertz CT molecular complexity index is 5750. The van der Waals surface area contributed by atoms with E-state index in [1.807, 2.05) is 36.4 Å². The Hall–Kier alpha value is -14.5. The molecule has 0 spiro atoms. The number of hydrogen-bond donors (Lipinski definition) is 8. The number of nitrogens with two attached hydrogens (primary N) is 4. The Morgan fingerprint density at radius 1 is 0.336 bits per heavy atom. The number of halogens is 9. The molecule has 0 radical (unpaired) electrons. The van der Waals surface area contributed by atoms with Crippen LogP contribution in [0.15, 0.2) is 301 Å². The number of carbonyl (C=O) groups excluding carboxylic acids is 6. The highest BCUT2D eigenvalue weighted by Crippen LogP contribution is 2.26. The van der Waals surface area contributed by atoms with Gasteiger partial charge in [0.25, 0.3) is 45.9 Å². The van der Waals surface area contributed by atoms with E-state index in [9.17, 15) is 64.7 Å². The fourth-order valence-corrected chi connectivity index (χ4v) is 10.3. The van der Waals surface area contributed by atoms with Gasteiger partial charge in [-0.1, -0.05) is 84.4 Å². The summed E-state index contributed by atoms with van der Waals surface area (Å²) in [6.45, 7) is 0. The van der Waals surface area contributed by atoms with Crippen LogP contribution >= 0.6 is 35.6 Å². The first-order valence-electron chi connectivity index (χ1n) is 33.0. The molecule has 0 atom stereocenters. The van der Waals surface area contributed by atoms with E-state index in [1.165, 1.54) is 121 Å². The van der Waals surface area contributed by atoms with Crippen LogP contribution in [-0.2, 0) is 0 Å². The van der Waals surface area contributed by atoms with Crippen LogP contribution in [0.1, 0.15) is 62.1 Å². The summed E-state index contributed by atoms with van der Waals surface area (Å²) < 4.78 is 76.3. The zero-order valence-electron chi connectivity index (χ0n) is 58.5. The van der Waals surface area contributed by atoms with Crippen molar-refractivity contribution in [1.29, 1.82) is 0 Å². The van der Waals surface area contributed by atoms with E-state index in [1.54, 1.807) is 133 Å². The smallest absolute Gasteiger partial charge is 0.259 e. The summed E-state index contributed by atoms with van der Waals surface area (Å²) in [5, 5.41) is 6.86. The number of hydrogen-bond acceptors (Lipinski definition) is 13. The van der Waals surface area contributed by atoms with Gasteiger partial charge in [0.05, 0.1) is 55.4 Å². The molecule has 0 fully saturated rings.